The lowest BCUT2D eigenvalue weighted by molar-refractivity contribution is -0.136. The number of alkyl halides is 1. The summed E-state index contributed by atoms with van der Waals surface area (Å²) in [4.78, 5) is 26.4. The van der Waals surface area contributed by atoms with Crippen LogP contribution < -0.4 is 5.32 Å². The van der Waals surface area contributed by atoms with E-state index in [-0.39, 0.29) is 12.1 Å². The number of carbonyl (C=O) groups excluding carboxylic acids is 1. The van der Waals surface area contributed by atoms with E-state index in [0.29, 0.717) is 29.3 Å². The topological polar surface area (TPSA) is 82.2 Å². The van der Waals surface area contributed by atoms with E-state index in [1.54, 1.807) is 31.2 Å². The standard InChI is InChI=1S/C16H17FN2O3/c1-9(16(17)6-7-16)18-15(22)14-11(8-13(20)21)10-4-2-3-5-12(10)19-14/h2-5,9,19H,6-8H2,1H3,(H,18,22)(H,20,21). The molecule has 1 saturated carbocycles. The molecule has 1 heterocycles. The maximum Gasteiger partial charge on any atom is 0.307 e. The number of nitrogens with one attached hydrogen (secondary N) is 2. The SMILES string of the molecule is CC(NC(=O)c1[nH]c2ccccc2c1CC(=O)O)C1(F)CC1. The number of carboxylic acids is 1. The van der Waals surface area contributed by atoms with Crippen LogP contribution in [-0.2, 0) is 11.2 Å². The number of aromatic amines is 1. The van der Waals surface area contributed by atoms with Crippen LogP contribution in [0.25, 0.3) is 10.9 Å². The van der Waals surface area contributed by atoms with Gasteiger partial charge in [-0.15, -0.1) is 0 Å². The third kappa shape index (κ3) is 2.56. The summed E-state index contributed by atoms with van der Waals surface area (Å²) in [5.41, 5.74) is -0.0107. The Labute approximate surface area is 126 Å². The molecule has 2 aromatic rings. The third-order valence-electron chi connectivity index (χ3n) is 4.22. The number of hydrogen-bond acceptors (Lipinski definition) is 2. The Morgan fingerprint density at radius 1 is 1.41 bits per heavy atom. The molecule has 1 aromatic heterocycles. The van der Waals surface area contributed by atoms with E-state index < -0.39 is 23.6 Å². The number of H-pyrrole nitrogens is 1. The summed E-state index contributed by atoms with van der Waals surface area (Å²) in [6, 6.07) is 6.53. The normalized spacial score (nSPS) is 17.2. The molecule has 116 valence electrons. The molecule has 22 heavy (non-hydrogen) atoms. The van der Waals surface area contributed by atoms with Crippen molar-refractivity contribution in [1.82, 2.24) is 10.3 Å². The molecule has 1 aliphatic rings. The molecule has 5 nitrogen and oxygen atoms in total. The molecule has 0 bridgehead atoms. The Morgan fingerprint density at radius 2 is 2.09 bits per heavy atom. The second kappa shape index (κ2) is 5.12. The van der Waals surface area contributed by atoms with Crippen molar-refractivity contribution in [3.63, 3.8) is 0 Å². The summed E-state index contributed by atoms with van der Waals surface area (Å²) < 4.78 is 14.0. The average Bonchev–Trinajstić information content (AvgIpc) is 3.12. The molecular weight excluding hydrogens is 287 g/mol. The zero-order valence-corrected chi connectivity index (χ0v) is 12.1. The van der Waals surface area contributed by atoms with Crippen molar-refractivity contribution in [1.29, 1.82) is 0 Å². The number of amides is 1. The molecule has 0 spiro atoms. The smallest absolute Gasteiger partial charge is 0.307 e. The van der Waals surface area contributed by atoms with Crippen molar-refractivity contribution in [3.05, 3.63) is 35.5 Å². The Kier molecular flexibility index (Phi) is 3.39. The number of fused-ring (bicyclic) bond motifs is 1. The van der Waals surface area contributed by atoms with Gasteiger partial charge in [0.25, 0.3) is 5.91 Å². The molecule has 6 heteroatoms. The number of aliphatic carboxylic acids is 1. The van der Waals surface area contributed by atoms with Crippen LogP contribution in [-0.4, -0.2) is 33.7 Å². The number of halogens is 1. The van der Waals surface area contributed by atoms with Gasteiger partial charge in [-0.25, -0.2) is 4.39 Å². The number of benzene rings is 1. The van der Waals surface area contributed by atoms with Crippen molar-refractivity contribution in [2.24, 2.45) is 0 Å². The average molecular weight is 304 g/mol. The van der Waals surface area contributed by atoms with E-state index in [1.165, 1.54) is 0 Å². The minimum Gasteiger partial charge on any atom is -0.481 e. The highest BCUT2D eigenvalue weighted by molar-refractivity contribution is 6.02. The molecule has 1 aliphatic carbocycles. The van der Waals surface area contributed by atoms with Gasteiger partial charge >= 0.3 is 5.97 Å². The fourth-order valence-electron chi connectivity index (χ4n) is 2.68. The molecule has 0 aliphatic heterocycles. The fraction of sp³-hybridized carbons (Fsp3) is 0.375. The van der Waals surface area contributed by atoms with Crippen LogP contribution in [0.2, 0.25) is 0 Å². The van der Waals surface area contributed by atoms with E-state index >= 15 is 0 Å². The van der Waals surface area contributed by atoms with Gasteiger partial charge in [-0.1, -0.05) is 18.2 Å². The number of para-hydroxylation sites is 1. The summed E-state index contributed by atoms with van der Waals surface area (Å²) in [5, 5.41) is 12.4. The fourth-order valence-corrected chi connectivity index (χ4v) is 2.68. The maximum atomic E-state index is 14.0. The molecular formula is C16H17FN2O3. The molecule has 1 unspecified atom stereocenters. The lowest BCUT2D eigenvalue weighted by Crippen LogP contribution is -2.41. The first-order valence-electron chi connectivity index (χ1n) is 7.22. The largest absolute Gasteiger partial charge is 0.481 e. The maximum absolute atomic E-state index is 14.0. The second-order valence-electron chi connectivity index (χ2n) is 5.82. The van der Waals surface area contributed by atoms with E-state index in [9.17, 15) is 14.0 Å². The highest BCUT2D eigenvalue weighted by Crippen LogP contribution is 2.42. The number of carbonyl (C=O) groups is 2. The van der Waals surface area contributed by atoms with Crippen LogP contribution in [0.15, 0.2) is 24.3 Å². The third-order valence-corrected chi connectivity index (χ3v) is 4.22. The van der Waals surface area contributed by atoms with E-state index in [4.69, 9.17) is 5.11 Å². The number of rotatable bonds is 5. The molecule has 1 atom stereocenters. The summed E-state index contributed by atoms with van der Waals surface area (Å²) in [6.07, 6.45) is 0.633. The van der Waals surface area contributed by atoms with Crippen LogP contribution >= 0.6 is 0 Å². The van der Waals surface area contributed by atoms with Crippen LogP contribution in [0.4, 0.5) is 4.39 Å². The van der Waals surface area contributed by atoms with Gasteiger partial charge in [0, 0.05) is 16.5 Å². The Balaban J connectivity index is 1.94. The quantitative estimate of drug-likeness (QED) is 0.793. The van der Waals surface area contributed by atoms with Crippen molar-refractivity contribution in [3.8, 4) is 0 Å². The molecule has 1 fully saturated rings. The van der Waals surface area contributed by atoms with Gasteiger partial charge in [0.2, 0.25) is 0 Å². The van der Waals surface area contributed by atoms with Crippen LogP contribution in [0.5, 0.6) is 0 Å². The number of carboxylic acid groups (broad SMARTS) is 1. The molecule has 1 amide bonds. The molecule has 3 N–H and O–H groups in total. The van der Waals surface area contributed by atoms with Crippen LogP contribution in [0, 0.1) is 0 Å². The monoisotopic (exact) mass is 304 g/mol. The molecule has 3 rings (SSSR count). The molecule has 0 saturated heterocycles. The number of aromatic nitrogens is 1. The van der Waals surface area contributed by atoms with Gasteiger partial charge in [-0.3, -0.25) is 9.59 Å². The summed E-state index contributed by atoms with van der Waals surface area (Å²) in [7, 11) is 0. The van der Waals surface area contributed by atoms with Crippen LogP contribution in [0.1, 0.15) is 35.8 Å². The molecule has 1 aromatic carbocycles. The van der Waals surface area contributed by atoms with Gasteiger partial charge in [0.15, 0.2) is 0 Å². The van der Waals surface area contributed by atoms with Gasteiger partial charge < -0.3 is 15.4 Å². The van der Waals surface area contributed by atoms with Crippen LogP contribution in [0.3, 0.4) is 0 Å². The summed E-state index contributed by atoms with van der Waals surface area (Å²) in [6.45, 7) is 1.63. The first-order chi connectivity index (χ1) is 10.4. The highest BCUT2D eigenvalue weighted by Gasteiger charge is 2.49. The minimum atomic E-state index is -1.32. The van der Waals surface area contributed by atoms with Crippen molar-refractivity contribution in [2.75, 3.05) is 0 Å². The highest BCUT2D eigenvalue weighted by atomic mass is 19.1. The first kappa shape index (κ1) is 14.6. The van der Waals surface area contributed by atoms with Crippen molar-refractivity contribution in [2.45, 2.75) is 37.9 Å². The Morgan fingerprint density at radius 3 is 2.73 bits per heavy atom. The van der Waals surface area contributed by atoms with E-state index in [2.05, 4.69) is 10.3 Å². The van der Waals surface area contributed by atoms with Gasteiger partial charge in [-0.2, -0.15) is 0 Å². The Hall–Kier alpha value is -2.37. The zero-order valence-electron chi connectivity index (χ0n) is 12.1. The van der Waals surface area contributed by atoms with Gasteiger partial charge in [0.1, 0.15) is 11.4 Å². The van der Waals surface area contributed by atoms with Crippen molar-refractivity contribution >= 4 is 22.8 Å². The van der Waals surface area contributed by atoms with E-state index in [0.717, 1.165) is 0 Å². The Bertz CT molecular complexity index is 749. The minimum absolute atomic E-state index is 0.194. The van der Waals surface area contributed by atoms with Gasteiger partial charge in [-0.05, 0) is 25.8 Å². The van der Waals surface area contributed by atoms with E-state index in [1.807, 2.05) is 0 Å². The number of hydrogen-bond donors (Lipinski definition) is 3. The summed E-state index contributed by atoms with van der Waals surface area (Å²) in [5.74, 6) is -1.49. The lowest BCUT2D eigenvalue weighted by Gasteiger charge is -2.17. The zero-order chi connectivity index (χ0) is 15.9. The second-order valence-corrected chi connectivity index (χ2v) is 5.82. The predicted octanol–water partition coefficient (Wildman–Crippen LogP) is 2.42. The predicted molar refractivity (Wildman–Crippen MR) is 79.6 cm³/mol. The lowest BCUT2D eigenvalue weighted by atomic mass is 10.1. The molecule has 0 radical (unpaired) electrons. The van der Waals surface area contributed by atoms with Crippen molar-refractivity contribution < 1.29 is 19.1 Å². The van der Waals surface area contributed by atoms with Gasteiger partial charge in [0.05, 0.1) is 12.5 Å². The summed E-state index contributed by atoms with van der Waals surface area (Å²) >= 11 is 0. The first-order valence-corrected chi connectivity index (χ1v) is 7.22.